The molecule has 0 saturated heterocycles. The zero-order chi connectivity index (χ0) is 13.1. The van der Waals surface area contributed by atoms with Crippen LogP contribution < -0.4 is 5.32 Å². The molecule has 1 saturated carbocycles. The second-order valence-corrected chi connectivity index (χ2v) is 4.43. The first kappa shape index (κ1) is 12.5. The summed E-state index contributed by atoms with van der Waals surface area (Å²) in [6.45, 7) is 0.581. The van der Waals surface area contributed by atoms with E-state index in [0.717, 1.165) is 25.0 Å². The van der Waals surface area contributed by atoms with Crippen LogP contribution in [0.1, 0.15) is 29.6 Å². The third-order valence-corrected chi connectivity index (χ3v) is 3.18. The van der Waals surface area contributed by atoms with Crippen LogP contribution in [0, 0.1) is 21.8 Å². The fourth-order valence-electron chi connectivity index (χ4n) is 1.83. The van der Waals surface area contributed by atoms with Crippen LogP contribution in [0.2, 0.25) is 0 Å². The average molecular weight is 252 g/mol. The lowest BCUT2D eigenvalue weighted by molar-refractivity contribution is -0.387. The van der Waals surface area contributed by atoms with Crippen LogP contribution in [-0.4, -0.2) is 17.4 Å². The summed E-state index contributed by atoms with van der Waals surface area (Å²) in [4.78, 5) is 21.3. The standard InChI is InChI=1S/C12H13FN2O3/c13-10-6-9(4-5-11(10)15(17)18)12(16)14-7-8-2-1-3-8/h4-6,8H,1-3,7H2,(H,14,16). The fourth-order valence-corrected chi connectivity index (χ4v) is 1.83. The van der Waals surface area contributed by atoms with E-state index in [0.29, 0.717) is 12.5 Å². The van der Waals surface area contributed by atoms with Gasteiger partial charge in [-0.2, -0.15) is 4.39 Å². The molecule has 18 heavy (non-hydrogen) atoms. The van der Waals surface area contributed by atoms with Crippen molar-refractivity contribution in [1.29, 1.82) is 0 Å². The maximum absolute atomic E-state index is 13.3. The number of nitro benzene ring substituents is 1. The van der Waals surface area contributed by atoms with Crippen LogP contribution in [-0.2, 0) is 0 Å². The predicted octanol–water partition coefficient (Wildman–Crippen LogP) is 2.26. The Bertz CT molecular complexity index is 486. The van der Waals surface area contributed by atoms with Crippen molar-refractivity contribution in [2.75, 3.05) is 6.54 Å². The van der Waals surface area contributed by atoms with E-state index in [-0.39, 0.29) is 5.56 Å². The van der Waals surface area contributed by atoms with Gasteiger partial charge < -0.3 is 5.32 Å². The molecule has 6 heteroatoms. The molecule has 96 valence electrons. The van der Waals surface area contributed by atoms with E-state index >= 15 is 0 Å². The van der Waals surface area contributed by atoms with Crippen LogP contribution in [0.4, 0.5) is 10.1 Å². The molecule has 0 spiro atoms. The van der Waals surface area contributed by atoms with Gasteiger partial charge in [0.1, 0.15) is 0 Å². The lowest BCUT2D eigenvalue weighted by atomic mass is 9.85. The van der Waals surface area contributed by atoms with Gasteiger partial charge >= 0.3 is 5.69 Å². The van der Waals surface area contributed by atoms with Crippen molar-refractivity contribution in [2.24, 2.45) is 5.92 Å². The number of nitro groups is 1. The van der Waals surface area contributed by atoms with Crippen molar-refractivity contribution in [3.05, 3.63) is 39.7 Å². The first-order valence-corrected chi connectivity index (χ1v) is 5.80. The van der Waals surface area contributed by atoms with E-state index in [9.17, 15) is 19.3 Å². The normalized spacial score (nSPS) is 14.9. The second kappa shape index (κ2) is 5.12. The summed E-state index contributed by atoms with van der Waals surface area (Å²) in [7, 11) is 0. The summed E-state index contributed by atoms with van der Waals surface area (Å²) in [6.07, 6.45) is 3.40. The van der Waals surface area contributed by atoms with Gasteiger partial charge in [-0.3, -0.25) is 14.9 Å². The second-order valence-electron chi connectivity index (χ2n) is 4.43. The minimum atomic E-state index is -0.990. The Morgan fingerprint density at radius 3 is 2.72 bits per heavy atom. The van der Waals surface area contributed by atoms with Crippen molar-refractivity contribution >= 4 is 11.6 Å². The molecule has 0 bridgehead atoms. The molecule has 2 rings (SSSR count). The number of hydrogen-bond donors (Lipinski definition) is 1. The smallest absolute Gasteiger partial charge is 0.304 e. The van der Waals surface area contributed by atoms with Gasteiger partial charge in [-0.05, 0) is 30.9 Å². The minimum Gasteiger partial charge on any atom is -0.352 e. The Balaban J connectivity index is 2.01. The Labute approximate surface area is 103 Å². The van der Waals surface area contributed by atoms with Crippen molar-refractivity contribution in [2.45, 2.75) is 19.3 Å². The quantitative estimate of drug-likeness (QED) is 0.660. The zero-order valence-corrected chi connectivity index (χ0v) is 9.69. The average Bonchev–Trinajstić information content (AvgIpc) is 2.26. The SMILES string of the molecule is O=C(NCC1CCC1)c1ccc([N+](=O)[O-])c(F)c1. The van der Waals surface area contributed by atoms with Gasteiger partial charge in [0.2, 0.25) is 5.82 Å². The molecule has 0 atom stereocenters. The van der Waals surface area contributed by atoms with Crippen LogP contribution in [0.3, 0.4) is 0 Å². The molecule has 1 fully saturated rings. The third kappa shape index (κ3) is 2.64. The van der Waals surface area contributed by atoms with Gasteiger partial charge in [0, 0.05) is 18.2 Å². The van der Waals surface area contributed by atoms with Crippen molar-refractivity contribution < 1.29 is 14.1 Å². The highest BCUT2D eigenvalue weighted by molar-refractivity contribution is 5.94. The molecular weight excluding hydrogens is 239 g/mol. The van der Waals surface area contributed by atoms with E-state index in [1.807, 2.05) is 0 Å². The van der Waals surface area contributed by atoms with Gasteiger partial charge in [0.15, 0.2) is 0 Å². The molecule has 1 aliphatic rings. The number of nitrogens with zero attached hydrogens (tertiary/aromatic N) is 1. The summed E-state index contributed by atoms with van der Waals surface area (Å²) >= 11 is 0. The summed E-state index contributed by atoms with van der Waals surface area (Å²) < 4.78 is 13.3. The molecule has 1 amide bonds. The van der Waals surface area contributed by atoms with E-state index in [1.165, 1.54) is 12.5 Å². The molecule has 1 N–H and O–H groups in total. The van der Waals surface area contributed by atoms with Crippen LogP contribution in [0.15, 0.2) is 18.2 Å². The Kier molecular flexibility index (Phi) is 3.55. The maximum Gasteiger partial charge on any atom is 0.304 e. The number of benzene rings is 1. The molecule has 0 unspecified atom stereocenters. The Hall–Kier alpha value is -1.98. The Morgan fingerprint density at radius 2 is 2.22 bits per heavy atom. The summed E-state index contributed by atoms with van der Waals surface area (Å²) in [6, 6.07) is 3.17. The highest BCUT2D eigenvalue weighted by Crippen LogP contribution is 2.25. The van der Waals surface area contributed by atoms with E-state index in [1.54, 1.807) is 0 Å². The molecule has 0 aliphatic heterocycles. The van der Waals surface area contributed by atoms with Crippen LogP contribution in [0.5, 0.6) is 0 Å². The molecular formula is C12H13FN2O3. The topological polar surface area (TPSA) is 72.2 Å². The van der Waals surface area contributed by atoms with Gasteiger partial charge in [0.25, 0.3) is 5.91 Å². The molecule has 1 aliphatic carbocycles. The number of carbonyl (C=O) groups excluding carboxylic acids is 1. The van der Waals surface area contributed by atoms with Gasteiger partial charge in [-0.25, -0.2) is 0 Å². The monoisotopic (exact) mass is 252 g/mol. The molecule has 0 radical (unpaired) electrons. The number of nitrogens with one attached hydrogen (secondary N) is 1. The summed E-state index contributed by atoms with van der Waals surface area (Å²) in [5, 5.41) is 13.1. The largest absolute Gasteiger partial charge is 0.352 e. The third-order valence-electron chi connectivity index (χ3n) is 3.18. The predicted molar refractivity (Wildman–Crippen MR) is 62.7 cm³/mol. The number of amides is 1. The minimum absolute atomic E-state index is 0.109. The van der Waals surface area contributed by atoms with E-state index < -0.39 is 22.3 Å². The van der Waals surface area contributed by atoms with Gasteiger partial charge in [0.05, 0.1) is 4.92 Å². The van der Waals surface area contributed by atoms with Gasteiger partial charge in [-0.15, -0.1) is 0 Å². The number of rotatable bonds is 4. The van der Waals surface area contributed by atoms with Crippen molar-refractivity contribution in [3.63, 3.8) is 0 Å². The highest BCUT2D eigenvalue weighted by atomic mass is 19.1. The number of halogens is 1. The highest BCUT2D eigenvalue weighted by Gasteiger charge is 2.20. The fraction of sp³-hybridized carbons (Fsp3) is 0.417. The molecule has 1 aromatic carbocycles. The zero-order valence-electron chi connectivity index (χ0n) is 9.69. The molecule has 1 aromatic rings. The van der Waals surface area contributed by atoms with Crippen LogP contribution >= 0.6 is 0 Å². The molecule has 0 heterocycles. The molecule has 0 aromatic heterocycles. The van der Waals surface area contributed by atoms with Crippen molar-refractivity contribution in [3.8, 4) is 0 Å². The lowest BCUT2D eigenvalue weighted by Crippen LogP contribution is -2.32. The molecule has 5 nitrogen and oxygen atoms in total. The van der Waals surface area contributed by atoms with Crippen molar-refractivity contribution in [1.82, 2.24) is 5.32 Å². The number of carbonyl (C=O) groups is 1. The first-order valence-electron chi connectivity index (χ1n) is 5.80. The summed E-state index contributed by atoms with van der Waals surface area (Å²) in [5.41, 5.74) is -0.511. The maximum atomic E-state index is 13.3. The lowest BCUT2D eigenvalue weighted by Gasteiger charge is -2.25. The Morgan fingerprint density at radius 1 is 1.50 bits per heavy atom. The van der Waals surface area contributed by atoms with Gasteiger partial charge in [-0.1, -0.05) is 6.42 Å². The first-order chi connectivity index (χ1) is 8.58. The van der Waals surface area contributed by atoms with E-state index in [4.69, 9.17) is 0 Å². The van der Waals surface area contributed by atoms with Crippen LogP contribution in [0.25, 0.3) is 0 Å². The number of hydrogen-bond acceptors (Lipinski definition) is 3. The van der Waals surface area contributed by atoms with E-state index in [2.05, 4.69) is 5.32 Å². The summed E-state index contributed by atoms with van der Waals surface area (Å²) in [5.74, 6) is -0.871.